The van der Waals surface area contributed by atoms with E-state index in [-0.39, 0.29) is 11.7 Å². The number of hydrogen-bond donors (Lipinski definition) is 2. The largest absolute Gasteiger partial charge is 0.508 e. The Balaban J connectivity index is 1.80. The van der Waals surface area contributed by atoms with Crippen molar-refractivity contribution in [3.8, 4) is 11.5 Å². The van der Waals surface area contributed by atoms with Crippen LogP contribution in [-0.4, -0.2) is 54.2 Å². The van der Waals surface area contributed by atoms with Crippen LogP contribution in [-0.2, 0) is 19.1 Å². The van der Waals surface area contributed by atoms with Crippen LogP contribution in [0.25, 0.3) is 0 Å². The Kier molecular flexibility index (Phi) is 6.86. The lowest BCUT2D eigenvalue weighted by molar-refractivity contribution is -0.152. The Labute approximate surface area is 202 Å². The molecular weight excluding hydrogens is 456 g/mol. The smallest absolute Gasteiger partial charge is 0.326 e. The third kappa shape index (κ3) is 3.92. The average Bonchev–Trinajstić information content (AvgIpc) is 3.32. The highest BCUT2D eigenvalue weighted by molar-refractivity contribution is 7.98. The summed E-state index contributed by atoms with van der Waals surface area (Å²) in [6.07, 6.45) is 2.25. The number of methoxy groups -OCH3 is 1. The van der Waals surface area contributed by atoms with E-state index in [4.69, 9.17) is 9.47 Å². The van der Waals surface area contributed by atoms with Crippen LogP contribution < -0.4 is 15.0 Å². The molecule has 0 unspecified atom stereocenters. The van der Waals surface area contributed by atoms with Crippen molar-refractivity contribution >= 4 is 35.2 Å². The number of phenols is 1. The first kappa shape index (κ1) is 24.1. The molecule has 2 fully saturated rings. The van der Waals surface area contributed by atoms with Gasteiger partial charge in [0, 0.05) is 6.04 Å². The van der Waals surface area contributed by atoms with Crippen molar-refractivity contribution in [1.82, 2.24) is 5.32 Å². The van der Waals surface area contributed by atoms with Crippen LogP contribution in [0.4, 0.5) is 5.69 Å². The van der Waals surface area contributed by atoms with E-state index in [1.165, 1.54) is 24.1 Å². The Hall–Kier alpha value is -3.04. The third-order valence-electron chi connectivity index (χ3n) is 6.56. The molecule has 0 aliphatic carbocycles. The first-order valence-corrected chi connectivity index (χ1v) is 12.5. The topological polar surface area (TPSA) is 105 Å². The first-order chi connectivity index (χ1) is 16.4. The highest BCUT2D eigenvalue weighted by Crippen LogP contribution is 2.51. The summed E-state index contributed by atoms with van der Waals surface area (Å²) >= 11 is 1.55. The second-order valence-corrected chi connectivity index (χ2v) is 9.35. The summed E-state index contributed by atoms with van der Waals surface area (Å²) in [7, 11) is 1.29. The number of imide groups is 1. The summed E-state index contributed by atoms with van der Waals surface area (Å²) in [6, 6.07) is 12.6. The van der Waals surface area contributed by atoms with Gasteiger partial charge in [-0.3, -0.25) is 19.7 Å². The van der Waals surface area contributed by atoms with Gasteiger partial charge in [-0.25, -0.2) is 4.90 Å². The lowest BCUT2D eigenvalue weighted by Crippen LogP contribution is -2.56. The lowest BCUT2D eigenvalue weighted by atomic mass is 9.78. The van der Waals surface area contributed by atoms with Gasteiger partial charge in [-0.2, -0.15) is 11.8 Å². The van der Waals surface area contributed by atoms with E-state index in [2.05, 4.69) is 5.32 Å². The normalized spacial score (nSPS) is 26.0. The average molecular weight is 485 g/mol. The summed E-state index contributed by atoms with van der Waals surface area (Å²) in [5, 5.41) is 13.1. The summed E-state index contributed by atoms with van der Waals surface area (Å²) in [5.74, 6) is -1.78. The summed E-state index contributed by atoms with van der Waals surface area (Å²) in [6.45, 7) is 2.38. The number of phenolic OH excluding ortho intramolecular Hbond substituents is 1. The van der Waals surface area contributed by atoms with E-state index in [1.807, 2.05) is 13.2 Å². The van der Waals surface area contributed by atoms with Gasteiger partial charge in [-0.15, -0.1) is 0 Å². The monoisotopic (exact) mass is 484 g/mol. The molecule has 2 amide bonds. The van der Waals surface area contributed by atoms with Crippen molar-refractivity contribution in [2.45, 2.75) is 24.9 Å². The predicted molar refractivity (Wildman–Crippen MR) is 129 cm³/mol. The van der Waals surface area contributed by atoms with Gasteiger partial charge in [0.1, 0.15) is 17.0 Å². The van der Waals surface area contributed by atoms with Crippen LogP contribution in [0, 0.1) is 11.8 Å². The lowest BCUT2D eigenvalue weighted by Gasteiger charge is -2.32. The van der Waals surface area contributed by atoms with Crippen LogP contribution in [0.3, 0.4) is 0 Å². The molecule has 180 valence electrons. The van der Waals surface area contributed by atoms with Crippen LogP contribution in [0.1, 0.15) is 24.9 Å². The van der Waals surface area contributed by atoms with Gasteiger partial charge in [0.05, 0.1) is 31.2 Å². The number of ether oxygens (including phenoxy) is 2. The standard InChI is InChI=1S/C25H28N2O6S/c1-4-33-18-11-7-16(8-12-18)27-22(29)19-20(23(27)30)25(13-14-34-3,24(31)32-2)26-21(19)15-5-9-17(28)10-6-15/h5-12,19-21,26,28H,4,13-14H2,1-3H3/t19-,20-,21-,25-/m0/s1. The summed E-state index contributed by atoms with van der Waals surface area (Å²) in [4.78, 5) is 41.9. The Bertz CT molecular complexity index is 1070. The predicted octanol–water partition coefficient (Wildman–Crippen LogP) is 2.91. The van der Waals surface area contributed by atoms with Gasteiger partial charge >= 0.3 is 5.97 Å². The Morgan fingerprint density at radius 1 is 1.12 bits per heavy atom. The number of fused-ring (bicyclic) bond motifs is 1. The molecule has 0 saturated carbocycles. The number of nitrogens with one attached hydrogen (secondary N) is 1. The maximum atomic E-state index is 13.8. The van der Waals surface area contributed by atoms with E-state index >= 15 is 0 Å². The summed E-state index contributed by atoms with van der Waals surface area (Å²) < 4.78 is 10.6. The zero-order valence-electron chi connectivity index (χ0n) is 19.3. The molecule has 2 aliphatic heterocycles. The molecule has 2 aliphatic rings. The van der Waals surface area contributed by atoms with Crippen molar-refractivity contribution in [2.75, 3.05) is 30.6 Å². The minimum absolute atomic E-state index is 0.0877. The molecule has 2 aromatic rings. The maximum Gasteiger partial charge on any atom is 0.326 e. The first-order valence-electron chi connectivity index (χ1n) is 11.1. The number of carbonyl (C=O) groups is 3. The van der Waals surface area contributed by atoms with E-state index < -0.39 is 35.3 Å². The van der Waals surface area contributed by atoms with Gasteiger partial charge in [0.15, 0.2) is 0 Å². The van der Waals surface area contributed by atoms with E-state index in [9.17, 15) is 19.5 Å². The van der Waals surface area contributed by atoms with Crippen LogP contribution in [0.5, 0.6) is 11.5 Å². The Morgan fingerprint density at radius 3 is 2.38 bits per heavy atom. The molecule has 4 rings (SSSR count). The van der Waals surface area contributed by atoms with E-state index in [0.29, 0.717) is 35.8 Å². The second kappa shape index (κ2) is 9.68. The van der Waals surface area contributed by atoms with Crippen LogP contribution in [0.2, 0.25) is 0 Å². The molecule has 2 heterocycles. The van der Waals surface area contributed by atoms with Crippen molar-refractivity contribution in [3.05, 3.63) is 54.1 Å². The number of nitrogens with zero attached hydrogens (tertiary/aromatic N) is 1. The number of aromatic hydroxyl groups is 1. The number of rotatable bonds is 8. The fourth-order valence-electron chi connectivity index (χ4n) is 5.05. The van der Waals surface area contributed by atoms with Gasteiger partial charge in [-0.05, 0) is 67.3 Å². The van der Waals surface area contributed by atoms with Crippen molar-refractivity contribution in [2.24, 2.45) is 11.8 Å². The molecule has 2 N–H and O–H groups in total. The quantitative estimate of drug-likeness (QED) is 0.435. The number of benzene rings is 2. The fourth-order valence-corrected chi connectivity index (χ4v) is 5.57. The van der Waals surface area contributed by atoms with Gasteiger partial charge in [-0.1, -0.05) is 12.1 Å². The number of hydrogen-bond acceptors (Lipinski definition) is 8. The van der Waals surface area contributed by atoms with Gasteiger partial charge in [0.2, 0.25) is 11.8 Å². The summed E-state index contributed by atoms with van der Waals surface area (Å²) in [5.41, 5.74) is -0.212. The van der Waals surface area contributed by atoms with Crippen molar-refractivity contribution < 1.29 is 29.0 Å². The molecule has 8 nitrogen and oxygen atoms in total. The molecule has 0 bridgehead atoms. The highest BCUT2D eigenvalue weighted by Gasteiger charge is 2.68. The van der Waals surface area contributed by atoms with E-state index in [1.54, 1.807) is 48.2 Å². The second-order valence-electron chi connectivity index (χ2n) is 8.36. The molecule has 0 radical (unpaired) electrons. The highest BCUT2D eigenvalue weighted by atomic mass is 32.2. The molecule has 9 heteroatoms. The van der Waals surface area contributed by atoms with Crippen LogP contribution in [0.15, 0.2) is 48.5 Å². The number of carbonyl (C=O) groups excluding carboxylic acids is 3. The minimum Gasteiger partial charge on any atom is -0.508 e. The van der Waals surface area contributed by atoms with Crippen molar-refractivity contribution in [3.63, 3.8) is 0 Å². The van der Waals surface area contributed by atoms with Crippen molar-refractivity contribution in [1.29, 1.82) is 0 Å². The molecule has 2 saturated heterocycles. The zero-order valence-corrected chi connectivity index (χ0v) is 20.1. The number of anilines is 1. The Morgan fingerprint density at radius 2 is 1.79 bits per heavy atom. The SMILES string of the molecule is CCOc1ccc(N2C(=O)[C@H]3[C@@H](C2=O)[C@@](CCSC)(C(=O)OC)N[C@H]3c2ccc(O)cc2)cc1. The molecule has 34 heavy (non-hydrogen) atoms. The number of esters is 1. The fraction of sp³-hybridized carbons (Fsp3) is 0.400. The van der Waals surface area contributed by atoms with Gasteiger partial charge in [0.25, 0.3) is 0 Å². The van der Waals surface area contributed by atoms with Gasteiger partial charge < -0.3 is 14.6 Å². The number of thioether (sulfide) groups is 1. The zero-order chi connectivity index (χ0) is 24.5. The third-order valence-corrected chi connectivity index (χ3v) is 7.17. The van der Waals surface area contributed by atoms with Crippen LogP contribution >= 0.6 is 11.8 Å². The minimum atomic E-state index is -1.35. The molecular formula is C25H28N2O6S. The maximum absolute atomic E-state index is 13.8. The van der Waals surface area contributed by atoms with E-state index in [0.717, 1.165) is 0 Å². The molecule has 0 aromatic heterocycles. The molecule has 4 atom stereocenters. The molecule has 2 aromatic carbocycles. The molecule has 0 spiro atoms. The number of amides is 2.